The second-order valence-electron chi connectivity index (χ2n) is 5.29. The Morgan fingerprint density at radius 1 is 1.09 bits per heavy atom. The van der Waals surface area contributed by atoms with Crippen LogP contribution in [0.25, 0.3) is 11.3 Å². The number of ether oxygens (including phenoxy) is 2. The summed E-state index contributed by atoms with van der Waals surface area (Å²) < 4.78 is 12.3. The van der Waals surface area contributed by atoms with Crippen LogP contribution in [-0.2, 0) is 6.54 Å². The number of pyridine rings is 1. The van der Waals surface area contributed by atoms with Gasteiger partial charge >= 0.3 is 0 Å². The van der Waals surface area contributed by atoms with Crippen LogP contribution in [0.1, 0.15) is 25.5 Å². The number of rotatable bonds is 5. The lowest BCUT2D eigenvalue weighted by Gasteiger charge is -2.18. The molecule has 0 spiro atoms. The van der Waals surface area contributed by atoms with Gasteiger partial charge in [-0.1, -0.05) is 6.07 Å². The molecule has 0 unspecified atom stereocenters. The Balaban J connectivity index is 2.67. The monoisotopic (exact) mass is 302 g/mol. The molecule has 0 amide bonds. The van der Waals surface area contributed by atoms with Crippen molar-refractivity contribution in [2.75, 3.05) is 14.2 Å². The van der Waals surface area contributed by atoms with E-state index >= 15 is 0 Å². The summed E-state index contributed by atoms with van der Waals surface area (Å²) in [5.41, 5.74) is 7.93. The van der Waals surface area contributed by atoms with Gasteiger partial charge in [-0.25, -0.2) is 0 Å². The lowest BCUT2D eigenvalue weighted by molar-refractivity contribution is 0.355. The number of nitrogens with zero attached hydrogens (tertiary/aromatic N) is 1. The third-order valence-electron chi connectivity index (χ3n) is 3.61. The van der Waals surface area contributed by atoms with Gasteiger partial charge in [-0.3, -0.25) is 4.79 Å². The van der Waals surface area contributed by atoms with E-state index in [2.05, 4.69) is 0 Å². The van der Waals surface area contributed by atoms with Crippen molar-refractivity contribution >= 4 is 0 Å². The maximum Gasteiger partial charge on any atom is 0.255 e. The van der Waals surface area contributed by atoms with Crippen molar-refractivity contribution in [3.05, 3.63) is 46.2 Å². The van der Waals surface area contributed by atoms with Crippen LogP contribution < -0.4 is 20.8 Å². The van der Waals surface area contributed by atoms with E-state index in [4.69, 9.17) is 15.2 Å². The summed E-state index contributed by atoms with van der Waals surface area (Å²) in [5, 5.41) is 0. The standard InChI is InChI=1S/C17H22N2O3/c1-11(2)19-14(7-5-13(10-18)17(19)20)12-6-8-15(21-3)16(9-12)22-4/h5-9,11H,10,18H2,1-4H3. The van der Waals surface area contributed by atoms with Crippen LogP contribution in [0.15, 0.2) is 35.1 Å². The lowest BCUT2D eigenvalue weighted by atomic mass is 10.1. The summed E-state index contributed by atoms with van der Waals surface area (Å²) in [5.74, 6) is 1.29. The first-order valence-electron chi connectivity index (χ1n) is 7.20. The Kier molecular flexibility index (Phi) is 4.88. The predicted molar refractivity (Wildman–Crippen MR) is 87.5 cm³/mol. The molecule has 1 aromatic carbocycles. The molecule has 0 aliphatic rings. The normalized spacial score (nSPS) is 10.8. The lowest BCUT2D eigenvalue weighted by Crippen LogP contribution is -2.27. The number of benzene rings is 1. The molecule has 0 atom stereocenters. The van der Waals surface area contributed by atoms with Crippen LogP contribution >= 0.6 is 0 Å². The maximum atomic E-state index is 12.5. The summed E-state index contributed by atoms with van der Waals surface area (Å²) in [6.07, 6.45) is 0. The molecule has 0 saturated carbocycles. The van der Waals surface area contributed by atoms with Crippen molar-refractivity contribution in [2.24, 2.45) is 5.73 Å². The number of hydrogen-bond acceptors (Lipinski definition) is 4. The Morgan fingerprint density at radius 2 is 1.77 bits per heavy atom. The molecule has 0 aliphatic heterocycles. The highest BCUT2D eigenvalue weighted by Crippen LogP contribution is 2.32. The van der Waals surface area contributed by atoms with Crippen LogP contribution in [0.3, 0.4) is 0 Å². The second kappa shape index (κ2) is 6.66. The van der Waals surface area contributed by atoms with E-state index in [1.807, 2.05) is 38.1 Å². The van der Waals surface area contributed by atoms with Crippen molar-refractivity contribution in [1.82, 2.24) is 4.57 Å². The Labute approximate surface area is 130 Å². The minimum atomic E-state index is -0.0511. The Hall–Kier alpha value is -2.27. The molecule has 0 fully saturated rings. The fourth-order valence-electron chi connectivity index (χ4n) is 2.49. The van der Waals surface area contributed by atoms with E-state index in [1.165, 1.54) is 0 Å². The van der Waals surface area contributed by atoms with Gasteiger partial charge in [0, 0.05) is 23.7 Å². The smallest absolute Gasteiger partial charge is 0.255 e. The van der Waals surface area contributed by atoms with Gasteiger partial charge in [-0.05, 0) is 38.1 Å². The molecule has 0 bridgehead atoms. The number of aromatic nitrogens is 1. The molecule has 0 radical (unpaired) electrons. The first-order chi connectivity index (χ1) is 10.5. The topological polar surface area (TPSA) is 66.5 Å². The molecule has 2 rings (SSSR count). The van der Waals surface area contributed by atoms with Gasteiger partial charge in [0.05, 0.1) is 19.9 Å². The zero-order chi connectivity index (χ0) is 16.3. The third kappa shape index (κ3) is 2.85. The first-order valence-corrected chi connectivity index (χ1v) is 7.20. The van der Waals surface area contributed by atoms with E-state index in [0.29, 0.717) is 17.1 Å². The van der Waals surface area contributed by atoms with Gasteiger partial charge in [-0.2, -0.15) is 0 Å². The van der Waals surface area contributed by atoms with E-state index in [-0.39, 0.29) is 18.1 Å². The van der Waals surface area contributed by atoms with Crippen LogP contribution in [0, 0.1) is 0 Å². The molecule has 5 heteroatoms. The maximum absolute atomic E-state index is 12.5. The zero-order valence-corrected chi connectivity index (χ0v) is 13.4. The largest absolute Gasteiger partial charge is 0.493 e. The quantitative estimate of drug-likeness (QED) is 0.922. The van der Waals surface area contributed by atoms with Crippen molar-refractivity contribution in [2.45, 2.75) is 26.4 Å². The van der Waals surface area contributed by atoms with Crippen LogP contribution in [0.4, 0.5) is 0 Å². The number of hydrogen-bond donors (Lipinski definition) is 1. The van der Waals surface area contributed by atoms with Gasteiger partial charge in [0.25, 0.3) is 5.56 Å². The van der Waals surface area contributed by atoms with Crippen molar-refractivity contribution in [1.29, 1.82) is 0 Å². The van der Waals surface area contributed by atoms with Gasteiger partial charge in [0.1, 0.15) is 0 Å². The van der Waals surface area contributed by atoms with Gasteiger partial charge in [-0.15, -0.1) is 0 Å². The van der Waals surface area contributed by atoms with E-state index in [9.17, 15) is 4.79 Å². The average molecular weight is 302 g/mol. The fraction of sp³-hybridized carbons (Fsp3) is 0.353. The molecule has 0 aliphatic carbocycles. The summed E-state index contributed by atoms with van der Waals surface area (Å²) in [4.78, 5) is 12.5. The van der Waals surface area contributed by atoms with Gasteiger partial charge < -0.3 is 19.8 Å². The fourth-order valence-corrected chi connectivity index (χ4v) is 2.49. The van der Waals surface area contributed by atoms with Crippen LogP contribution in [-0.4, -0.2) is 18.8 Å². The van der Waals surface area contributed by atoms with Crippen molar-refractivity contribution < 1.29 is 9.47 Å². The highest BCUT2D eigenvalue weighted by molar-refractivity contribution is 5.64. The second-order valence-corrected chi connectivity index (χ2v) is 5.29. The molecular weight excluding hydrogens is 280 g/mol. The SMILES string of the molecule is COc1ccc(-c2ccc(CN)c(=O)n2C(C)C)cc1OC. The molecule has 1 heterocycles. The highest BCUT2D eigenvalue weighted by atomic mass is 16.5. The van der Waals surface area contributed by atoms with Crippen molar-refractivity contribution in [3.63, 3.8) is 0 Å². The Morgan fingerprint density at radius 3 is 2.32 bits per heavy atom. The molecule has 1 aromatic heterocycles. The molecule has 118 valence electrons. The number of nitrogens with two attached hydrogens (primary N) is 1. The van der Waals surface area contributed by atoms with Gasteiger partial charge in [0.2, 0.25) is 0 Å². The Bertz CT molecular complexity index is 720. The summed E-state index contributed by atoms with van der Waals surface area (Å²) in [7, 11) is 3.19. The van der Waals surface area contributed by atoms with E-state index < -0.39 is 0 Å². The average Bonchev–Trinajstić information content (AvgIpc) is 2.53. The predicted octanol–water partition coefficient (Wildman–Crippen LogP) is 2.57. The van der Waals surface area contributed by atoms with Crippen LogP contribution in [0.2, 0.25) is 0 Å². The third-order valence-corrected chi connectivity index (χ3v) is 3.61. The van der Waals surface area contributed by atoms with E-state index in [1.54, 1.807) is 24.9 Å². The summed E-state index contributed by atoms with van der Waals surface area (Å²) >= 11 is 0. The van der Waals surface area contributed by atoms with E-state index in [0.717, 1.165) is 11.3 Å². The molecule has 2 N–H and O–H groups in total. The highest BCUT2D eigenvalue weighted by Gasteiger charge is 2.14. The first kappa shape index (κ1) is 16.1. The van der Waals surface area contributed by atoms with Crippen molar-refractivity contribution in [3.8, 4) is 22.8 Å². The summed E-state index contributed by atoms with van der Waals surface area (Å²) in [6, 6.07) is 9.35. The molecule has 5 nitrogen and oxygen atoms in total. The van der Waals surface area contributed by atoms with Crippen LogP contribution in [0.5, 0.6) is 11.5 Å². The zero-order valence-electron chi connectivity index (χ0n) is 13.4. The number of methoxy groups -OCH3 is 2. The molecule has 22 heavy (non-hydrogen) atoms. The molecule has 2 aromatic rings. The minimum Gasteiger partial charge on any atom is -0.493 e. The summed E-state index contributed by atoms with van der Waals surface area (Å²) in [6.45, 7) is 4.19. The molecule has 0 saturated heterocycles. The van der Waals surface area contributed by atoms with Gasteiger partial charge in [0.15, 0.2) is 11.5 Å². The molecular formula is C17H22N2O3. The minimum absolute atomic E-state index is 0.0297.